The van der Waals surface area contributed by atoms with Crippen LogP contribution in [0.2, 0.25) is 0 Å². The zero-order valence-corrected chi connectivity index (χ0v) is 14.5. The Balaban J connectivity index is 0.00000208. The minimum Gasteiger partial charge on any atom is -0.336 e. The molecule has 1 aromatic carbocycles. The maximum atomic E-state index is 12.9. The number of amides is 1. The van der Waals surface area contributed by atoms with Crippen molar-refractivity contribution in [1.29, 1.82) is 0 Å². The van der Waals surface area contributed by atoms with Crippen LogP contribution in [0.3, 0.4) is 0 Å². The monoisotopic (exact) mass is 348 g/mol. The maximum absolute atomic E-state index is 12.9. The molecule has 1 aliphatic rings. The van der Waals surface area contributed by atoms with Gasteiger partial charge >= 0.3 is 0 Å². The lowest BCUT2D eigenvalue weighted by atomic mass is 9.90. The van der Waals surface area contributed by atoms with Gasteiger partial charge in [-0.05, 0) is 12.5 Å². The van der Waals surface area contributed by atoms with Crippen LogP contribution >= 0.6 is 12.4 Å². The third kappa shape index (κ3) is 3.20. The van der Waals surface area contributed by atoms with Crippen LogP contribution in [0, 0.1) is 0 Å². The van der Waals surface area contributed by atoms with Crippen LogP contribution in [0.5, 0.6) is 0 Å². The van der Waals surface area contributed by atoms with Crippen molar-refractivity contribution in [1.82, 2.24) is 14.7 Å². The highest BCUT2D eigenvalue weighted by atomic mass is 35.5. The zero-order valence-electron chi connectivity index (χ0n) is 13.7. The Kier molecular flexibility index (Phi) is 5.11. The summed E-state index contributed by atoms with van der Waals surface area (Å²) in [6.07, 6.45) is 0.625. The Labute approximate surface area is 146 Å². The van der Waals surface area contributed by atoms with Gasteiger partial charge in [-0.2, -0.15) is 5.10 Å². The number of nitrogens with zero attached hydrogens (tertiary/aromatic N) is 3. The van der Waals surface area contributed by atoms with E-state index in [1.165, 1.54) is 4.68 Å². The van der Waals surface area contributed by atoms with Crippen molar-refractivity contribution >= 4 is 18.3 Å². The molecule has 1 atom stereocenters. The van der Waals surface area contributed by atoms with Crippen LogP contribution in [-0.4, -0.2) is 27.1 Å². The number of halogens is 1. The van der Waals surface area contributed by atoms with Crippen molar-refractivity contribution in [3.05, 3.63) is 63.6 Å². The number of aromatic nitrogens is 2. The second-order valence-electron chi connectivity index (χ2n) is 6.12. The van der Waals surface area contributed by atoms with E-state index in [2.05, 4.69) is 5.10 Å². The Hall–Kier alpha value is -2.18. The number of fused-ring (bicyclic) bond motifs is 1. The lowest BCUT2D eigenvalue weighted by Crippen LogP contribution is -2.52. The van der Waals surface area contributed by atoms with Crippen molar-refractivity contribution < 1.29 is 4.79 Å². The smallest absolute Gasteiger partial charge is 0.266 e. The summed E-state index contributed by atoms with van der Waals surface area (Å²) in [5.74, 6) is -0.143. The van der Waals surface area contributed by atoms with Crippen molar-refractivity contribution in [2.75, 3.05) is 6.54 Å². The van der Waals surface area contributed by atoms with E-state index in [-0.39, 0.29) is 23.9 Å². The topological polar surface area (TPSA) is 81.2 Å². The van der Waals surface area contributed by atoms with Crippen LogP contribution < -0.4 is 11.3 Å². The van der Waals surface area contributed by atoms with Crippen molar-refractivity contribution in [3.63, 3.8) is 0 Å². The van der Waals surface area contributed by atoms with E-state index in [4.69, 9.17) is 5.73 Å². The number of carbonyl (C=O) groups is 1. The van der Waals surface area contributed by atoms with Gasteiger partial charge in [0.25, 0.3) is 5.56 Å². The molecule has 1 aromatic heterocycles. The number of hydrogen-bond donors (Lipinski definition) is 1. The number of aryl methyl sites for hydroxylation is 1. The number of rotatable bonds is 2. The van der Waals surface area contributed by atoms with E-state index >= 15 is 0 Å². The molecule has 2 N–H and O–H groups in total. The van der Waals surface area contributed by atoms with Crippen molar-refractivity contribution in [2.45, 2.75) is 25.4 Å². The normalized spacial score (nSPS) is 15.9. The molecule has 0 aliphatic carbocycles. The van der Waals surface area contributed by atoms with Crippen LogP contribution in [0.25, 0.3) is 0 Å². The Bertz CT molecular complexity index is 802. The molecule has 7 heteroatoms. The second kappa shape index (κ2) is 6.75. The molecule has 0 saturated carbocycles. The van der Waals surface area contributed by atoms with E-state index in [0.717, 1.165) is 16.8 Å². The molecule has 0 spiro atoms. The second-order valence-corrected chi connectivity index (χ2v) is 6.12. The highest BCUT2D eigenvalue weighted by molar-refractivity contribution is 5.87. The molecule has 3 rings (SSSR count). The first-order valence-electron chi connectivity index (χ1n) is 7.59. The van der Waals surface area contributed by atoms with Gasteiger partial charge < -0.3 is 10.6 Å². The molecular formula is C17H21ClN4O2. The number of benzene rings is 1. The van der Waals surface area contributed by atoms with Gasteiger partial charge in [0.2, 0.25) is 5.91 Å². The van der Waals surface area contributed by atoms with Crippen molar-refractivity contribution in [2.24, 2.45) is 12.8 Å². The summed E-state index contributed by atoms with van der Waals surface area (Å²) in [4.78, 5) is 26.3. The molecule has 1 amide bonds. The van der Waals surface area contributed by atoms with Crippen LogP contribution in [0.15, 0.2) is 41.2 Å². The van der Waals surface area contributed by atoms with Gasteiger partial charge in [0.1, 0.15) is 5.54 Å². The van der Waals surface area contributed by atoms with Gasteiger partial charge in [-0.15, -0.1) is 12.4 Å². The fourth-order valence-electron chi connectivity index (χ4n) is 2.90. The van der Waals surface area contributed by atoms with Crippen molar-refractivity contribution in [3.8, 4) is 0 Å². The lowest BCUT2D eigenvalue weighted by molar-refractivity contribution is -0.137. The fourth-order valence-corrected chi connectivity index (χ4v) is 2.90. The third-order valence-corrected chi connectivity index (χ3v) is 4.34. The summed E-state index contributed by atoms with van der Waals surface area (Å²) < 4.78 is 1.33. The SMILES string of the molecule is Cl.Cn1nc2c(cc1=O)CN(C(=O)C(C)(N)c1ccccc1)CC2. The van der Waals surface area contributed by atoms with Crippen LogP contribution in [-0.2, 0) is 30.3 Å². The lowest BCUT2D eigenvalue weighted by Gasteiger charge is -2.35. The standard InChI is InChI=1S/C17H20N4O2.ClH/c1-17(18,13-6-4-3-5-7-13)16(23)21-9-8-14-12(11-21)10-15(22)20(2)19-14;/h3-7,10H,8-9,11,18H2,1-2H3;1H. The summed E-state index contributed by atoms with van der Waals surface area (Å²) in [5, 5.41) is 4.26. The quantitative estimate of drug-likeness (QED) is 0.876. The first kappa shape index (κ1) is 18.2. The van der Waals surface area contributed by atoms with E-state index in [1.54, 1.807) is 24.9 Å². The summed E-state index contributed by atoms with van der Waals surface area (Å²) in [6.45, 7) is 2.65. The Morgan fingerprint density at radius 3 is 2.62 bits per heavy atom. The number of carbonyl (C=O) groups excluding carboxylic acids is 1. The maximum Gasteiger partial charge on any atom is 0.266 e. The van der Waals surface area contributed by atoms with Gasteiger partial charge in [0.05, 0.1) is 5.69 Å². The predicted octanol–water partition coefficient (Wildman–Crippen LogP) is 0.961. The Morgan fingerprint density at radius 2 is 1.96 bits per heavy atom. The average molecular weight is 349 g/mol. The minimum atomic E-state index is -1.09. The summed E-state index contributed by atoms with van der Waals surface area (Å²) >= 11 is 0. The van der Waals surface area contributed by atoms with E-state index < -0.39 is 5.54 Å². The molecule has 0 radical (unpaired) electrons. The molecule has 1 aliphatic heterocycles. The van der Waals surface area contributed by atoms with Crippen LogP contribution in [0.4, 0.5) is 0 Å². The third-order valence-electron chi connectivity index (χ3n) is 4.34. The van der Waals surface area contributed by atoms with Gasteiger partial charge in [-0.25, -0.2) is 4.68 Å². The van der Waals surface area contributed by atoms with Crippen LogP contribution in [0.1, 0.15) is 23.7 Å². The molecule has 0 saturated heterocycles. The first-order chi connectivity index (χ1) is 10.9. The minimum absolute atomic E-state index is 0. The molecule has 24 heavy (non-hydrogen) atoms. The summed E-state index contributed by atoms with van der Waals surface area (Å²) in [5.41, 5.74) is 7.50. The summed E-state index contributed by atoms with van der Waals surface area (Å²) in [7, 11) is 1.63. The number of nitrogens with two attached hydrogens (primary N) is 1. The highest BCUT2D eigenvalue weighted by Crippen LogP contribution is 2.24. The molecule has 6 nitrogen and oxygen atoms in total. The summed E-state index contributed by atoms with van der Waals surface area (Å²) in [6, 6.07) is 10.9. The Morgan fingerprint density at radius 1 is 1.29 bits per heavy atom. The molecule has 2 aromatic rings. The van der Waals surface area contributed by atoms with Gasteiger partial charge in [-0.1, -0.05) is 30.3 Å². The average Bonchev–Trinajstić information content (AvgIpc) is 2.55. The molecule has 0 fully saturated rings. The number of hydrogen-bond acceptors (Lipinski definition) is 4. The molecular weight excluding hydrogens is 328 g/mol. The van der Waals surface area contributed by atoms with E-state index in [0.29, 0.717) is 19.5 Å². The van der Waals surface area contributed by atoms with Gasteiger partial charge in [0, 0.05) is 38.2 Å². The molecule has 1 unspecified atom stereocenters. The van der Waals surface area contributed by atoms with E-state index in [9.17, 15) is 9.59 Å². The van der Waals surface area contributed by atoms with E-state index in [1.807, 2.05) is 30.3 Å². The largest absolute Gasteiger partial charge is 0.336 e. The fraction of sp³-hybridized carbons (Fsp3) is 0.353. The van der Waals surface area contributed by atoms with Gasteiger partial charge in [-0.3, -0.25) is 9.59 Å². The molecule has 2 heterocycles. The molecule has 128 valence electrons. The first-order valence-corrected chi connectivity index (χ1v) is 7.59. The molecule has 0 bridgehead atoms. The highest BCUT2D eigenvalue weighted by Gasteiger charge is 2.36. The predicted molar refractivity (Wildman–Crippen MR) is 93.8 cm³/mol. The zero-order chi connectivity index (χ0) is 16.6. The van der Waals surface area contributed by atoms with Gasteiger partial charge in [0.15, 0.2) is 0 Å².